The number of nitrogens with one attached hydrogen (secondary N) is 1. The number of aromatic nitrogens is 2. The van der Waals surface area contributed by atoms with E-state index in [4.69, 9.17) is 0 Å². The van der Waals surface area contributed by atoms with Crippen LogP contribution in [0.1, 0.15) is 16.2 Å². The summed E-state index contributed by atoms with van der Waals surface area (Å²) in [4.78, 5) is 19.0. The number of benzene rings is 2. The summed E-state index contributed by atoms with van der Waals surface area (Å²) in [6, 6.07) is 13.1. The molecule has 8 heteroatoms. The van der Waals surface area contributed by atoms with E-state index in [0.29, 0.717) is 11.4 Å². The van der Waals surface area contributed by atoms with Crippen LogP contribution in [-0.2, 0) is 21.3 Å². The zero-order valence-electron chi connectivity index (χ0n) is 13.8. The minimum Gasteiger partial charge on any atom is -0.465 e. The van der Waals surface area contributed by atoms with Crippen molar-refractivity contribution in [1.29, 1.82) is 0 Å². The maximum atomic E-state index is 12.7. The van der Waals surface area contributed by atoms with Crippen LogP contribution in [0.25, 0.3) is 11.0 Å². The lowest BCUT2D eigenvalue weighted by atomic mass is 10.2. The van der Waals surface area contributed by atoms with E-state index in [2.05, 4.69) is 14.7 Å². The first-order chi connectivity index (χ1) is 11.9. The Morgan fingerprint density at radius 3 is 2.48 bits per heavy atom. The molecule has 0 saturated heterocycles. The molecule has 0 aliphatic heterocycles. The Bertz CT molecular complexity index is 977. The lowest BCUT2D eigenvalue weighted by Gasteiger charge is -2.16. The van der Waals surface area contributed by atoms with Crippen molar-refractivity contribution in [2.24, 2.45) is 0 Å². The number of sulfonamides is 1. The molecular formula is C17H17N3O4S. The van der Waals surface area contributed by atoms with Gasteiger partial charge in [0.25, 0.3) is 0 Å². The molecule has 25 heavy (non-hydrogen) atoms. The number of nitrogens with zero attached hydrogens (tertiary/aromatic N) is 2. The molecule has 1 N–H and O–H groups in total. The summed E-state index contributed by atoms with van der Waals surface area (Å²) in [5, 5.41) is 0. The van der Waals surface area contributed by atoms with Gasteiger partial charge in [0.05, 0.1) is 35.1 Å². The van der Waals surface area contributed by atoms with Crippen molar-refractivity contribution < 1.29 is 17.9 Å². The van der Waals surface area contributed by atoms with Crippen LogP contribution in [0.2, 0.25) is 0 Å². The van der Waals surface area contributed by atoms with Crippen molar-refractivity contribution in [3.63, 3.8) is 0 Å². The van der Waals surface area contributed by atoms with E-state index in [1.54, 1.807) is 0 Å². The Hall–Kier alpha value is -2.71. The zero-order valence-corrected chi connectivity index (χ0v) is 14.6. The highest BCUT2D eigenvalue weighted by molar-refractivity contribution is 7.89. The number of carbonyl (C=O) groups is 1. The fourth-order valence-corrected chi connectivity index (χ4v) is 3.57. The molecule has 0 unspecified atom stereocenters. The summed E-state index contributed by atoms with van der Waals surface area (Å²) in [6.45, 7) is 0.107. The largest absolute Gasteiger partial charge is 0.465 e. The fourth-order valence-electron chi connectivity index (χ4n) is 2.44. The predicted octanol–water partition coefficient (Wildman–Crippen LogP) is 2.17. The number of hydrogen-bond donors (Lipinski definition) is 1. The van der Waals surface area contributed by atoms with Crippen LogP contribution in [0.5, 0.6) is 0 Å². The molecule has 0 saturated carbocycles. The van der Waals surface area contributed by atoms with Crippen LogP contribution in [0, 0.1) is 0 Å². The molecule has 0 aliphatic carbocycles. The van der Waals surface area contributed by atoms with Crippen LogP contribution in [0.15, 0.2) is 53.4 Å². The number of ether oxygens (including phenoxy) is 1. The number of carbonyl (C=O) groups excluding carboxylic acids is 1. The quantitative estimate of drug-likeness (QED) is 0.705. The van der Waals surface area contributed by atoms with E-state index >= 15 is 0 Å². The van der Waals surface area contributed by atoms with Gasteiger partial charge in [-0.2, -0.15) is 4.31 Å². The van der Waals surface area contributed by atoms with E-state index < -0.39 is 16.0 Å². The monoisotopic (exact) mass is 359 g/mol. The van der Waals surface area contributed by atoms with Gasteiger partial charge in [0.1, 0.15) is 5.82 Å². The summed E-state index contributed by atoms with van der Waals surface area (Å²) < 4.78 is 31.2. The van der Waals surface area contributed by atoms with Crippen molar-refractivity contribution in [1.82, 2.24) is 14.3 Å². The number of hydrogen-bond acceptors (Lipinski definition) is 5. The second kappa shape index (κ2) is 6.66. The third-order valence-corrected chi connectivity index (χ3v) is 5.61. The van der Waals surface area contributed by atoms with Gasteiger partial charge in [-0.25, -0.2) is 18.2 Å². The SMILES string of the molecule is COC(=O)c1ccc(S(=O)(=O)N(C)Cc2nc3ccccc3[nH]2)cc1. The number of imidazole rings is 1. The summed E-state index contributed by atoms with van der Waals surface area (Å²) >= 11 is 0. The molecule has 3 aromatic rings. The Morgan fingerprint density at radius 2 is 1.84 bits per heavy atom. The molecule has 1 heterocycles. The molecule has 3 rings (SSSR count). The van der Waals surface area contributed by atoms with Crippen LogP contribution in [-0.4, -0.2) is 42.8 Å². The minimum absolute atomic E-state index is 0.0961. The molecule has 0 fully saturated rings. The van der Waals surface area contributed by atoms with Crippen LogP contribution >= 0.6 is 0 Å². The molecule has 7 nitrogen and oxygen atoms in total. The van der Waals surface area contributed by atoms with Gasteiger partial charge >= 0.3 is 5.97 Å². The van der Waals surface area contributed by atoms with Gasteiger partial charge in [0.15, 0.2) is 0 Å². The number of rotatable bonds is 5. The molecule has 0 bridgehead atoms. The Labute approximate surface area is 145 Å². The van der Waals surface area contributed by atoms with E-state index in [1.165, 1.54) is 42.7 Å². The average Bonchev–Trinajstić information content (AvgIpc) is 3.03. The topological polar surface area (TPSA) is 92.4 Å². The highest BCUT2D eigenvalue weighted by Crippen LogP contribution is 2.18. The molecule has 0 amide bonds. The average molecular weight is 359 g/mol. The van der Waals surface area contributed by atoms with E-state index in [9.17, 15) is 13.2 Å². The molecule has 2 aromatic carbocycles. The second-order valence-electron chi connectivity index (χ2n) is 5.48. The molecule has 0 spiro atoms. The molecule has 1 aromatic heterocycles. The molecule has 0 radical (unpaired) electrons. The first kappa shape index (κ1) is 17.1. The lowest BCUT2D eigenvalue weighted by Crippen LogP contribution is -2.27. The molecule has 0 aliphatic rings. The van der Waals surface area contributed by atoms with Gasteiger partial charge < -0.3 is 9.72 Å². The van der Waals surface area contributed by atoms with Gasteiger partial charge in [0.2, 0.25) is 10.0 Å². The third-order valence-electron chi connectivity index (χ3n) is 3.79. The van der Waals surface area contributed by atoms with Gasteiger partial charge in [-0.05, 0) is 36.4 Å². The normalized spacial score (nSPS) is 11.8. The predicted molar refractivity (Wildman–Crippen MR) is 92.5 cm³/mol. The summed E-state index contributed by atoms with van der Waals surface area (Å²) in [6.07, 6.45) is 0. The maximum Gasteiger partial charge on any atom is 0.337 e. The first-order valence-electron chi connectivity index (χ1n) is 7.50. The van der Waals surface area contributed by atoms with E-state index in [1.807, 2.05) is 24.3 Å². The standard InChI is InChI=1S/C17H17N3O4S/c1-20(11-16-18-14-5-3-4-6-15(14)19-16)25(22,23)13-9-7-12(8-10-13)17(21)24-2/h3-10H,11H2,1-2H3,(H,18,19). The number of para-hydroxylation sites is 2. The van der Waals surface area contributed by atoms with Gasteiger partial charge in [-0.15, -0.1) is 0 Å². The summed E-state index contributed by atoms with van der Waals surface area (Å²) in [5.41, 5.74) is 1.93. The smallest absolute Gasteiger partial charge is 0.337 e. The number of methoxy groups -OCH3 is 1. The maximum absolute atomic E-state index is 12.7. The molecule has 0 atom stereocenters. The molecule has 130 valence electrons. The van der Waals surface area contributed by atoms with Crippen LogP contribution in [0.4, 0.5) is 0 Å². The van der Waals surface area contributed by atoms with Crippen LogP contribution < -0.4 is 0 Å². The number of esters is 1. The van der Waals surface area contributed by atoms with Crippen molar-refractivity contribution in [2.45, 2.75) is 11.4 Å². The fraction of sp³-hybridized carbons (Fsp3) is 0.176. The zero-order chi connectivity index (χ0) is 18.0. The second-order valence-corrected chi connectivity index (χ2v) is 7.52. The number of H-pyrrole nitrogens is 1. The highest BCUT2D eigenvalue weighted by Gasteiger charge is 2.22. The summed E-state index contributed by atoms with van der Waals surface area (Å²) in [5.74, 6) is 0.0398. The van der Waals surface area contributed by atoms with Crippen molar-refractivity contribution in [2.75, 3.05) is 14.2 Å². The Kier molecular flexibility index (Phi) is 4.56. The number of aromatic amines is 1. The van der Waals surface area contributed by atoms with E-state index in [0.717, 1.165) is 11.0 Å². The highest BCUT2D eigenvalue weighted by atomic mass is 32.2. The summed E-state index contributed by atoms with van der Waals surface area (Å²) in [7, 11) is -0.948. The van der Waals surface area contributed by atoms with Gasteiger partial charge in [0, 0.05) is 7.05 Å². The first-order valence-corrected chi connectivity index (χ1v) is 8.94. The Balaban J connectivity index is 1.82. The Morgan fingerprint density at radius 1 is 1.16 bits per heavy atom. The minimum atomic E-state index is -3.70. The van der Waals surface area contributed by atoms with Crippen LogP contribution in [0.3, 0.4) is 0 Å². The van der Waals surface area contributed by atoms with Gasteiger partial charge in [-0.1, -0.05) is 12.1 Å². The van der Waals surface area contributed by atoms with Gasteiger partial charge in [-0.3, -0.25) is 0 Å². The van der Waals surface area contributed by atoms with E-state index in [-0.39, 0.29) is 11.4 Å². The van der Waals surface area contributed by atoms with Crippen molar-refractivity contribution in [3.8, 4) is 0 Å². The third kappa shape index (κ3) is 3.40. The molecular weight excluding hydrogens is 342 g/mol. The van der Waals surface area contributed by atoms with Crippen molar-refractivity contribution in [3.05, 3.63) is 59.9 Å². The van der Waals surface area contributed by atoms with Crippen molar-refractivity contribution >= 4 is 27.0 Å². The number of fused-ring (bicyclic) bond motifs is 1. The lowest BCUT2D eigenvalue weighted by molar-refractivity contribution is 0.0600.